The van der Waals surface area contributed by atoms with E-state index in [2.05, 4.69) is 36.5 Å². The molecule has 0 amide bonds. The number of guanidine groups is 1. The molecular formula is C13H28N4. The molecule has 0 aromatic carbocycles. The van der Waals surface area contributed by atoms with E-state index >= 15 is 0 Å². The van der Waals surface area contributed by atoms with Gasteiger partial charge in [0.25, 0.3) is 0 Å². The van der Waals surface area contributed by atoms with Crippen LogP contribution in [0, 0.1) is 17.8 Å². The molecule has 0 radical (unpaired) electrons. The van der Waals surface area contributed by atoms with Crippen LogP contribution in [-0.2, 0) is 0 Å². The zero-order valence-corrected chi connectivity index (χ0v) is 11.5. The van der Waals surface area contributed by atoms with Crippen LogP contribution in [0.25, 0.3) is 0 Å². The number of hydrogen-bond acceptors (Lipinski definition) is 2. The molecule has 4 heteroatoms. The highest BCUT2D eigenvalue weighted by atomic mass is 15.3. The van der Waals surface area contributed by atoms with E-state index in [0.717, 1.165) is 30.9 Å². The zero-order chi connectivity index (χ0) is 12.7. The van der Waals surface area contributed by atoms with E-state index in [0.29, 0.717) is 5.92 Å². The lowest BCUT2D eigenvalue weighted by Gasteiger charge is -2.29. The van der Waals surface area contributed by atoms with Crippen molar-refractivity contribution in [1.29, 1.82) is 0 Å². The average molecular weight is 240 g/mol. The highest BCUT2D eigenvalue weighted by Gasteiger charge is 2.21. The Kier molecular flexibility index (Phi) is 6.34. The third kappa shape index (κ3) is 5.39. The van der Waals surface area contributed by atoms with Crippen LogP contribution in [0.5, 0.6) is 0 Å². The molecule has 1 aliphatic carbocycles. The summed E-state index contributed by atoms with van der Waals surface area (Å²) in [5.41, 5.74) is 2.65. The van der Waals surface area contributed by atoms with Gasteiger partial charge in [-0.25, -0.2) is 5.84 Å². The summed E-state index contributed by atoms with van der Waals surface area (Å²) in [6.07, 6.45) is 5.45. The molecule has 4 nitrogen and oxygen atoms in total. The Labute approximate surface area is 105 Å². The summed E-state index contributed by atoms with van der Waals surface area (Å²) < 4.78 is 0. The Morgan fingerprint density at radius 2 is 2.06 bits per heavy atom. The maximum Gasteiger partial charge on any atom is 0.205 e. The highest BCUT2D eigenvalue weighted by Crippen LogP contribution is 2.28. The number of aliphatic imine (C=N–C) groups is 1. The van der Waals surface area contributed by atoms with Crippen LogP contribution in [0.3, 0.4) is 0 Å². The quantitative estimate of drug-likeness (QED) is 0.304. The molecule has 1 rings (SSSR count). The van der Waals surface area contributed by atoms with Crippen molar-refractivity contribution in [3.05, 3.63) is 0 Å². The number of nitrogens with zero attached hydrogens (tertiary/aromatic N) is 1. The number of hydrogen-bond donors (Lipinski definition) is 3. The van der Waals surface area contributed by atoms with Gasteiger partial charge in [0.1, 0.15) is 0 Å². The first-order valence-corrected chi connectivity index (χ1v) is 6.88. The lowest BCUT2D eigenvalue weighted by Crippen LogP contribution is -2.44. The lowest BCUT2D eigenvalue weighted by atomic mass is 9.80. The summed E-state index contributed by atoms with van der Waals surface area (Å²) in [5.74, 6) is 8.35. The number of hydrazine groups is 1. The standard InChI is InChI=1S/C13H28N4/c1-10(2)8-15-13(17-14)16-9-12-7-5-4-6-11(12)3/h10-12H,4-9,14H2,1-3H3,(H2,15,16,17). The minimum atomic E-state index is 0.564. The topological polar surface area (TPSA) is 62.4 Å². The van der Waals surface area contributed by atoms with E-state index < -0.39 is 0 Å². The zero-order valence-electron chi connectivity index (χ0n) is 11.5. The van der Waals surface area contributed by atoms with Gasteiger partial charge in [0.2, 0.25) is 5.96 Å². The second-order valence-corrected chi connectivity index (χ2v) is 5.63. The van der Waals surface area contributed by atoms with E-state index in [1.165, 1.54) is 25.7 Å². The van der Waals surface area contributed by atoms with E-state index in [1.807, 2.05) is 0 Å². The van der Waals surface area contributed by atoms with Crippen molar-refractivity contribution < 1.29 is 0 Å². The molecule has 0 aromatic rings. The molecule has 0 bridgehead atoms. The van der Waals surface area contributed by atoms with Gasteiger partial charge in [0.15, 0.2) is 0 Å². The minimum absolute atomic E-state index is 0.564. The van der Waals surface area contributed by atoms with Crippen LogP contribution < -0.4 is 16.6 Å². The van der Waals surface area contributed by atoms with E-state index in [1.54, 1.807) is 0 Å². The Bertz CT molecular complexity index is 238. The first-order valence-electron chi connectivity index (χ1n) is 6.88. The fourth-order valence-corrected chi connectivity index (χ4v) is 2.35. The van der Waals surface area contributed by atoms with Crippen LogP contribution in [0.1, 0.15) is 46.5 Å². The van der Waals surface area contributed by atoms with E-state index in [-0.39, 0.29) is 0 Å². The van der Waals surface area contributed by atoms with Gasteiger partial charge in [-0.2, -0.15) is 0 Å². The monoisotopic (exact) mass is 240 g/mol. The predicted molar refractivity (Wildman–Crippen MR) is 73.6 cm³/mol. The Balaban J connectivity index is 2.33. The number of nitrogens with one attached hydrogen (secondary N) is 2. The first-order chi connectivity index (χ1) is 8.13. The molecule has 4 N–H and O–H groups in total. The number of nitrogens with two attached hydrogens (primary N) is 1. The average Bonchev–Trinajstić information content (AvgIpc) is 2.31. The molecular weight excluding hydrogens is 212 g/mol. The third-order valence-corrected chi connectivity index (χ3v) is 3.57. The SMILES string of the molecule is CC(C)CN=C(NN)NCC1CCCCC1C. The molecule has 0 aromatic heterocycles. The van der Waals surface area contributed by atoms with Gasteiger partial charge in [-0.3, -0.25) is 10.4 Å². The van der Waals surface area contributed by atoms with Crippen LogP contribution in [0.2, 0.25) is 0 Å². The van der Waals surface area contributed by atoms with Crippen molar-refractivity contribution in [2.45, 2.75) is 46.5 Å². The van der Waals surface area contributed by atoms with Crippen molar-refractivity contribution in [2.24, 2.45) is 28.6 Å². The Hall–Kier alpha value is -0.770. The smallest absolute Gasteiger partial charge is 0.205 e. The van der Waals surface area contributed by atoms with Gasteiger partial charge >= 0.3 is 0 Å². The second-order valence-electron chi connectivity index (χ2n) is 5.63. The van der Waals surface area contributed by atoms with Gasteiger partial charge < -0.3 is 5.32 Å². The highest BCUT2D eigenvalue weighted by molar-refractivity contribution is 5.79. The van der Waals surface area contributed by atoms with Gasteiger partial charge in [0, 0.05) is 13.1 Å². The minimum Gasteiger partial charge on any atom is -0.355 e. The van der Waals surface area contributed by atoms with Crippen molar-refractivity contribution in [2.75, 3.05) is 13.1 Å². The van der Waals surface area contributed by atoms with Crippen molar-refractivity contribution in [1.82, 2.24) is 10.7 Å². The van der Waals surface area contributed by atoms with Gasteiger partial charge in [-0.05, 0) is 24.2 Å². The van der Waals surface area contributed by atoms with Gasteiger partial charge in [0.05, 0.1) is 0 Å². The maximum absolute atomic E-state index is 5.47. The summed E-state index contributed by atoms with van der Waals surface area (Å²) >= 11 is 0. The molecule has 17 heavy (non-hydrogen) atoms. The molecule has 0 saturated heterocycles. The molecule has 2 unspecified atom stereocenters. The maximum atomic E-state index is 5.47. The van der Waals surface area contributed by atoms with Crippen molar-refractivity contribution in [3.8, 4) is 0 Å². The molecule has 0 aliphatic heterocycles. The summed E-state index contributed by atoms with van der Waals surface area (Å²) in [6.45, 7) is 8.46. The van der Waals surface area contributed by atoms with Crippen molar-refractivity contribution >= 4 is 5.96 Å². The van der Waals surface area contributed by atoms with E-state index in [4.69, 9.17) is 5.84 Å². The van der Waals surface area contributed by atoms with Crippen LogP contribution in [-0.4, -0.2) is 19.0 Å². The summed E-state index contributed by atoms with van der Waals surface area (Å²) in [5, 5.41) is 3.34. The summed E-state index contributed by atoms with van der Waals surface area (Å²) in [7, 11) is 0. The molecule has 1 fully saturated rings. The third-order valence-electron chi connectivity index (χ3n) is 3.57. The van der Waals surface area contributed by atoms with Crippen LogP contribution in [0.15, 0.2) is 4.99 Å². The Morgan fingerprint density at radius 3 is 2.65 bits per heavy atom. The molecule has 0 heterocycles. The first kappa shape index (κ1) is 14.3. The van der Waals surface area contributed by atoms with Crippen LogP contribution in [0.4, 0.5) is 0 Å². The van der Waals surface area contributed by atoms with Crippen molar-refractivity contribution in [3.63, 3.8) is 0 Å². The lowest BCUT2D eigenvalue weighted by molar-refractivity contribution is 0.256. The van der Waals surface area contributed by atoms with Gasteiger partial charge in [-0.15, -0.1) is 0 Å². The fourth-order valence-electron chi connectivity index (χ4n) is 2.35. The van der Waals surface area contributed by atoms with Crippen LogP contribution >= 0.6 is 0 Å². The molecule has 2 atom stereocenters. The molecule has 0 spiro atoms. The second kappa shape index (κ2) is 7.54. The number of rotatable bonds is 4. The largest absolute Gasteiger partial charge is 0.355 e. The fraction of sp³-hybridized carbons (Fsp3) is 0.923. The Morgan fingerprint density at radius 1 is 1.35 bits per heavy atom. The van der Waals surface area contributed by atoms with E-state index in [9.17, 15) is 0 Å². The molecule has 1 aliphatic rings. The normalized spacial score (nSPS) is 26.1. The molecule has 1 saturated carbocycles. The summed E-state index contributed by atoms with van der Waals surface area (Å²) in [6, 6.07) is 0. The molecule has 100 valence electrons. The summed E-state index contributed by atoms with van der Waals surface area (Å²) in [4.78, 5) is 4.42. The van der Waals surface area contributed by atoms with Gasteiger partial charge in [-0.1, -0.05) is 40.0 Å². The predicted octanol–water partition coefficient (Wildman–Crippen LogP) is 1.88.